The molecule has 82 valence electrons. The molecule has 0 aromatic heterocycles. The molecule has 0 rings (SSSR count). The second-order valence-electron chi connectivity index (χ2n) is 2.61. The van der Waals surface area contributed by atoms with Crippen molar-refractivity contribution in [1.29, 1.82) is 0 Å². The topological polar surface area (TPSA) is 87.3 Å². The largest absolute Gasteiger partial charge is 0.356 e. The Hall–Kier alpha value is -1.18. The molecule has 0 aliphatic carbocycles. The highest BCUT2D eigenvalue weighted by atomic mass is 32.1. The molecule has 0 bridgehead atoms. The summed E-state index contributed by atoms with van der Waals surface area (Å²) >= 11 is 3.88. The number of amides is 3. The van der Waals surface area contributed by atoms with Crippen LogP contribution in [-0.4, -0.2) is 37.8 Å². The number of hydrazine groups is 1. The van der Waals surface area contributed by atoms with Gasteiger partial charge in [-0.2, -0.15) is 12.6 Å². The van der Waals surface area contributed by atoms with Gasteiger partial charge in [0.15, 0.2) is 5.81 Å². The maximum absolute atomic E-state index is 10.9. The Labute approximate surface area is 94.3 Å². The van der Waals surface area contributed by atoms with Crippen molar-refractivity contribution in [1.82, 2.24) is 16.2 Å². The van der Waals surface area contributed by atoms with Gasteiger partial charge in [0.25, 0.3) is 0 Å². The van der Waals surface area contributed by atoms with E-state index < -0.39 is 11.7 Å². The summed E-state index contributed by atoms with van der Waals surface area (Å²) in [6.07, 6.45) is 0.378. The molecule has 0 aromatic carbocycles. The van der Waals surface area contributed by atoms with Crippen LogP contribution in [0.25, 0.3) is 0 Å². The molecule has 0 saturated carbocycles. The maximum Gasteiger partial charge on any atom is 0.240 e. The zero-order chi connectivity index (χ0) is 11.7. The van der Waals surface area contributed by atoms with Crippen LogP contribution in [0, 0.1) is 0 Å². The third-order valence-electron chi connectivity index (χ3n) is 1.34. The van der Waals surface area contributed by atoms with Crippen LogP contribution in [0.2, 0.25) is 0 Å². The van der Waals surface area contributed by atoms with Gasteiger partial charge in [0, 0.05) is 19.4 Å². The summed E-state index contributed by atoms with van der Waals surface area (Å²) in [5.74, 6) is -0.982. The predicted octanol–water partition coefficient (Wildman–Crippen LogP) is -1.28. The molecule has 0 spiro atoms. The highest BCUT2D eigenvalue weighted by Gasteiger charge is 2.03. The molecule has 0 unspecified atom stereocenters. The molecular weight excluding hydrogens is 217 g/mol. The first-order chi connectivity index (χ1) is 7.06. The molecule has 3 amide bonds. The van der Waals surface area contributed by atoms with Gasteiger partial charge < -0.3 is 5.32 Å². The molecule has 6 nitrogen and oxygen atoms in total. The highest BCUT2D eigenvalue weighted by Crippen LogP contribution is 1.84. The lowest BCUT2D eigenvalue weighted by Crippen LogP contribution is -2.42. The number of carbonyl (C=O) groups excluding carboxylic acids is 3. The van der Waals surface area contributed by atoms with E-state index in [4.69, 9.17) is 7.85 Å². The van der Waals surface area contributed by atoms with Gasteiger partial charge in [0.1, 0.15) is 0 Å². The van der Waals surface area contributed by atoms with Gasteiger partial charge >= 0.3 is 0 Å². The van der Waals surface area contributed by atoms with Gasteiger partial charge in [0.2, 0.25) is 19.7 Å². The van der Waals surface area contributed by atoms with Gasteiger partial charge in [-0.15, -0.1) is 0 Å². The molecule has 0 aromatic rings. The van der Waals surface area contributed by atoms with Crippen LogP contribution in [0.15, 0.2) is 0 Å². The summed E-state index contributed by atoms with van der Waals surface area (Å²) in [6, 6.07) is 0. The molecule has 0 saturated heterocycles. The molecule has 0 aliphatic rings. The van der Waals surface area contributed by atoms with E-state index in [2.05, 4.69) is 23.4 Å². The average molecular weight is 229 g/mol. The number of carbonyl (C=O) groups is 3. The van der Waals surface area contributed by atoms with Crippen LogP contribution in [0.1, 0.15) is 12.8 Å². The van der Waals surface area contributed by atoms with E-state index in [-0.39, 0.29) is 18.9 Å². The van der Waals surface area contributed by atoms with Gasteiger partial charge in [-0.05, 0) is 5.75 Å². The molecule has 8 heteroatoms. The molecule has 0 fully saturated rings. The van der Waals surface area contributed by atoms with E-state index in [1.807, 2.05) is 5.43 Å². The minimum atomic E-state index is -0.845. The summed E-state index contributed by atoms with van der Waals surface area (Å²) in [7, 11) is 4.71. The van der Waals surface area contributed by atoms with Crippen molar-refractivity contribution in [3.05, 3.63) is 0 Å². The lowest BCUT2D eigenvalue weighted by molar-refractivity contribution is -0.122. The van der Waals surface area contributed by atoms with Gasteiger partial charge in [0.05, 0.1) is 0 Å². The number of hydrogen-bond acceptors (Lipinski definition) is 4. The van der Waals surface area contributed by atoms with Crippen LogP contribution < -0.4 is 16.2 Å². The summed E-state index contributed by atoms with van der Waals surface area (Å²) in [6.45, 7) is 0.207. The van der Waals surface area contributed by atoms with E-state index in [0.29, 0.717) is 12.2 Å². The first-order valence-electron chi connectivity index (χ1n) is 4.28. The molecule has 0 heterocycles. The highest BCUT2D eigenvalue weighted by molar-refractivity contribution is 7.80. The third kappa shape index (κ3) is 9.14. The maximum atomic E-state index is 10.9. The molecule has 0 atom stereocenters. The SMILES string of the molecule is [B]C(=O)NNC(=O)CCNC(=O)CCS. The molecular formula is C7H12BN3O3S. The fourth-order valence-electron chi connectivity index (χ4n) is 0.699. The molecule has 0 aliphatic heterocycles. The van der Waals surface area contributed by atoms with Crippen molar-refractivity contribution in [3.63, 3.8) is 0 Å². The fraction of sp³-hybridized carbons (Fsp3) is 0.571. The zero-order valence-corrected chi connectivity index (χ0v) is 8.97. The minimum Gasteiger partial charge on any atom is -0.356 e. The van der Waals surface area contributed by atoms with E-state index in [9.17, 15) is 14.4 Å². The standard InChI is InChI=1S/C7H12BN3O3S/c8-7(14)11-10-6(13)1-3-9-5(12)2-4-15/h15H,1-4H2,(H,9,12)(H,10,13)(H,11,14). The summed E-state index contributed by atoms with van der Waals surface area (Å²) < 4.78 is 0. The minimum absolute atomic E-state index is 0.0680. The van der Waals surface area contributed by atoms with Crippen LogP contribution in [0.4, 0.5) is 4.79 Å². The van der Waals surface area contributed by atoms with Gasteiger partial charge in [-0.25, -0.2) is 0 Å². The number of thiol groups is 1. The van der Waals surface area contributed by atoms with E-state index in [0.717, 1.165) is 0 Å². The van der Waals surface area contributed by atoms with Crippen molar-refractivity contribution in [2.24, 2.45) is 0 Å². The van der Waals surface area contributed by atoms with Crippen LogP contribution in [-0.2, 0) is 9.59 Å². The van der Waals surface area contributed by atoms with Crippen molar-refractivity contribution in [2.45, 2.75) is 12.8 Å². The molecule has 3 N–H and O–H groups in total. The smallest absolute Gasteiger partial charge is 0.240 e. The number of nitrogens with one attached hydrogen (secondary N) is 3. The zero-order valence-electron chi connectivity index (χ0n) is 8.08. The quantitative estimate of drug-likeness (QED) is 0.269. The molecule has 2 radical (unpaired) electrons. The van der Waals surface area contributed by atoms with Crippen LogP contribution >= 0.6 is 12.6 Å². The Balaban J connectivity index is 3.46. The average Bonchev–Trinajstić information content (AvgIpc) is 2.15. The second kappa shape index (κ2) is 8.16. The first-order valence-corrected chi connectivity index (χ1v) is 4.91. The Bertz CT molecular complexity index is 250. The first kappa shape index (κ1) is 13.8. The normalized spacial score (nSPS) is 9.13. The Morgan fingerprint density at radius 1 is 1.07 bits per heavy atom. The monoisotopic (exact) mass is 229 g/mol. The van der Waals surface area contributed by atoms with E-state index >= 15 is 0 Å². The summed E-state index contributed by atoms with van der Waals surface area (Å²) in [4.78, 5) is 32.0. The predicted molar refractivity (Wildman–Crippen MR) is 58.5 cm³/mol. The lowest BCUT2D eigenvalue weighted by Gasteiger charge is -2.06. The van der Waals surface area contributed by atoms with Gasteiger partial charge in [-0.1, -0.05) is 0 Å². The molecule has 15 heavy (non-hydrogen) atoms. The summed E-state index contributed by atoms with van der Waals surface area (Å²) in [5.41, 5.74) is 3.98. The summed E-state index contributed by atoms with van der Waals surface area (Å²) in [5, 5.41) is 2.51. The van der Waals surface area contributed by atoms with Crippen molar-refractivity contribution < 1.29 is 14.4 Å². The van der Waals surface area contributed by atoms with Crippen LogP contribution in [0.3, 0.4) is 0 Å². The van der Waals surface area contributed by atoms with E-state index in [1.165, 1.54) is 0 Å². The fourth-order valence-corrected chi connectivity index (χ4v) is 0.902. The number of hydrogen-bond donors (Lipinski definition) is 4. The van der Waals surface area contributed by atoms with Crippen LogP contribution in [0.5, 0.6) is 0 Å². The second-order valence-corrected chi connectivity index (χ2v) is 3.06. The Kier molecular flexibility index (Phi) is 7.52. The van der Waals surface area contributed by atoms with Crippen molar-refractivity contribution >= 4 is 38.1 Å². The Morgan fingerprint density at radius 2 is 1.73 bits per heavy atom. The van der Waals surface area contributed by atoms with Gasteiger partial charge in [-0.3, -0.25) is 25.2 Å². The van der Waals surface area contributed by atoms with E-state index in [1.54, 1.807) is 0 Å². The third-order valence-corrected chi connectivity index (χ3v) is 1.56. The van der Waals surface area contributed by atoms with Crippen molar-refractivity contribution in [2.75, 3.05) is 12.3 Å². The number of rotatable bonds is 5. The Morgan fingerprint density at radius 3 is 2.27 bits per heavy atom. The lowest BCUT2D eigenvalue weighted by atomic mass is 10.1. The van der Waals surface area contributed by atoms with Crippen molar-refractivity contribution in [3.8, 4) is 0 Å².